The zero-order valence-electron chi connectivity index (χ0n) is 19.1. The summed E-state index contributed by atoms with van der Waals surface area (Å²) in [5.74, 6) is -6.53. The van der Waals surface area contributed by atoms with E-state index in [1.807, 2.05) is 0 Å². The van der Waals surface area contributed by atoms with Gasteiger partial charge in [-0.3, -0.25) is 14.4 Å². The normalized spacial score (nSPS) is 22.4. The molecule has 3 amide bonds. The lowest BCUT2D eigenvalue weighted by atomic mass is 9.87. The molecular weight excluding hydrogens is 504 g/mol. The highest BCUT2D eigenvalue weighted by molar-refractivity contribution is 6.20. The number of halogens is 6. The minimum atomic E-state index is -4.69. The van der Waals surface area contributed by atoms with E-state index in [2.05, 4.69) is 10.3 Å². The predicted octanol–water partition coefficient (Wildman–Crippen LogP) is 5.09. The molecule has 1 fully saturated rings. The molecule has 0 aliphatic carbocycles. The van der Waals surface area contributed by atoms with Crippen molar-refractivity contribution in [1.29, 1.82) is 0 Å². The van der Waals surface area contributed by atoms with Crippen LogP contribution in [-0.4, -0.2) is 46.9 Å². The van der Waals surface area contributed by atoms with Crippen LogP contribution in [0.4, 0.5) is 32.0 Å². The second-order valence-corrected chi connectivity index (χ2v) is 8.82. The zero-order valence-corrected chi connectivity index (χ0v) is 19.1. The van der Waals surface area contributed by atoms with Gasteiger partial charge >= 0.3 is 12.4 Å². The number of imide groups is 1. The third-order valence-corrected chi connectivity index (χ3v) is 6.29. The molecule has 2 heterocycles. The Hall–Kier alpha value is -3.70. The van der Waals surface area contributed by atoms with Crippen molar-refractivity contribution >= 4 is 29.1 Å². The average Bonchev–Trinajstić information content (AvgIpc) is 2.96. The molecule has 6 nitrogen and oxygen atoms in total. The molecule has 0 radical (unpaired) electrons. The smallest absolute Gasteiger partial charge is 0.322 e. The lowest BCUT2D eigenvalue weighted by Crippen LogP contribution is -2.46. The number of hydrogen-bond acceptors (Lipinski definition) is 4. The quantitative estimate of drug-likeness (QED) is 0.422. The molecule has 12 heteroatoms. The minimum absolute atomic E-state index is 0.228. The summed E-state index contributed by atoms with van der Waals surface area (Å²) < 4.78 is 77.5. The fraction of sp³-hybridized carbons (Fsp3) is 0.360. The van der Waals surface area contributed by atoms with Gasteiger partial charge in [0.05, 0.1) is 23.2 Å². The average molecular weight is 525 g/mol. The van der Waals surface area contributed by atoms with E-state index in [4.69, 9.17) is 0 Å². The van der Waals surface area contributed by atoms with Crippen LogP contribution >= 0.6 is 0 Å². The van der Waals surface area contributed by atoms with Gasteiger partial charge < -0.3 is 5.32 Å². The van der Waals surface area contributed by atoms with Crippen LogP contribution in [0.3, 0.4) is 0 Å². The van der Waals surface area contributed by atoms with E-state index < -0.39 is 73.8 Å². The number of alkyl halides is 6. The number of nitrogens with one attached hydrogen (secondary N) is 1. The van der Waals surface area contributed by atoms with Crippen molar-refractivity contribution in [2.24, 2.45) is 16.8 Å². The number of para-hydroxylation sites is 1. The van der Waals surface area contributed by atoms with E-state index >= 15 is 0 Å². The van der Waals surface area contributed by atoms with Crippen molar-refractivity contribution in [1.82, 2.24) is 4.90 Å². The van der Waals surface area contributed by atoms with Crippen LogP contribution in [0.25, 0.3) is 0 Å². The van der Waals surface area contributed by atoms with Gasteiger partial charge in [0, 0.05) is 24.0 Å². The number of benzene rings is 2. The standard InChI is InChI=1S/C25H21F6N3O3/c26-24(27,28)12-10-15-16(11-13-25(29,30)31)23(37)34(22(15)36)20-21(35)32-18-9-5-4-8-17(18)19(33-20)14-6-2-1-3-7-14/h1-9,15-16,20H,10-13H2,(H,32,35)/t15-,16+,20-/m0/s1. The summed E-state index contributed by atoms with van der Waals surface area (Å²) in [6.45, 7) is 0. The molecule has 0 bridgehead atoms. The van der Waals surface area contributed by atoms with Gasteiger partial charge in [-0.05, 0) is 18.9 Å². The van der Waals surface area contributed by atoms with Crippen molar-refractivity contribution in [2.75, 3.05) is 5.32 Å². The summed E-state index contributed by atoms with van der Waals surface area (Å²) >= 11 is 0. The Morgan fingerprint density at radius 2 is 1.27 bits per heavy atom. The summed E-state index contributed by atoms with van der Waals surface area (Å²) in [6.07, 6.45) is -15.9. The first kappa shape index (κ1) is 26.4. The van der Waals surface area contributed by atoms with Crippen molar-refractivity contribution in [2.45, 2.75) is 44.2 Å². The number of hydrogen-bond donors (Lipinski definition) is 1. The molecule has 196 valence electrons. The molecule has 1 saturated heterocycles. The van der Waals surface area contributed by atoms with E-state index in [1.165, 1.54) is 0 Å². The Bertz CT molecular complexity index is 1190. The highest BCUT2D eigenvalue weighted by Gasteiger charge is 2.53. The van der Waals surface area contributed by atoms with Gasteiger partial charge in [-0.1, -0.05) is 48.5 Å². The Morgan fingerprint density at radius 1 is 0.757 bits per heavy atom. The van der Waals surface area contributed by atoms with E-state index in [-0.39, 0.29) is 5.71 Å². The molecule has 0 unspecified atom stereocenters. The summed E-state index contributed by atoms with van der Waals surface area (Å²) in [7, 11) is 0. The van der Waals surface area contributed by atoms with Gasteiger partial charge in [0.25, 0.3) is 5.91 Å². The topological polar surface area (TPSA) is 78.8 Å². The number of carbonyl (C=O) groups is 3. The highest BCUT2D eigenvalue weighted by Crippen LogP contribution is 2.40. The first-order valence-corrected chi connectivity index (χ1v) is 11.4. The Balaban J connectivity index is 1.75. The van der Waals surface area contributed by atoms with Crippen molar-refractivity contribution in [3.05, 3.63) is 65.7 Å². The van der Waals surface area contributed by atoms with Gasteiger partial charge in [0.15, 0.2) is 0 Å². The van der Waals surface area contributed by atoms with Crippen LogP contribution in [0, 0.1) is 11.8 Å². The van der Waals surface area contributed by atoms with Crippen LogP contribution in [0.15, 0.2) is 59.6 Å². The number of nitrogens with zero attached hydrogens (tertiary/aromatic N) is 2. The monoisotopic (exact) mass is 525 g/mol. The fourth-order valence-electron chi connectivity index (χ4n) is 4.59. The van der Waals surface area contributed by atoms with Crippen LogP contribution in [-0.2, 0) is 14.4 Å². The van der Waals surface area contributed by atoms with Gasteiger partial charge in [0.1, 0.15) is 0 Å². The molecule has 0 aromatic heterocycles. The molecular formula is C25H21F6N3O3. The number of carbonyl (C=O) groups excluding carboxylic acids is 3. The summed E-state index contributed by atoms with van der Waals surface area (Å²) in [5.41, 5.74) is 1.54. The number of aliphatic imine (C=N–C) groups is 1. The maximum absolute atomic E-state index is 13.2. The van der Waals surface area contributed by atoms with Crippen LogP contribution < -0.4 is 5.32 Å². The van der Waals surface area contributed by atoms with Gasteiger partial charge in [-0.15, -0.1) is 0 Å². The number of amides is 3. The lowest BCUT2D eigenvalue weighted by Gasteiger charge is -2.22. The van der Waals surface area contributed by atoms with Crippen molar-refractivity contribution < 1.29 is 40.7 Å². The third-order valence-electron chi connectivity index (χ3n) is 6.29. The van der Waals surface area contributed by atoms with E-state index in [1.54, 1.807) is 54.6 Å². The second kappa shape index (κ2) is 9.98. The summed E-state index contributed by atoms with van der Waals surface area (Å²) in [4.78, 5) is 44.5. The molecule has 4 rings (SSSR count). The van der Waals surface area contributed by atoms with Gasteiger partial charge in [-0.2, -0.15) is 26.3 Å². The van der Waals surface area contributed by atoms with E-state index in [0.29, 0.717) is 21.7 Å². The lowest BCUT2D eigenvalue weighted by molar-refractivity contribution is -0.147. The van der Waals surface area contributed by atoms with Gasteiger partial charge in [-0.25, -0.2) is 9.89 Å². The second-order valence-electron chi connectivity index (χ2n) is 8.82. The number of anilines is 1. The fourth-order valence-corrected chi connectivity index (χ4v) is 4.59. The number of rotatable bonds is 6. The molecule has 2 aromatic rings. The minimum Gasteiger partial charge on any atom is -0.322 e. The Morgan fingerprint density at radius 3 is 1.81 bits per heavy atom. The molecule has 1 N–H and O–H groups in total. The summed E-state index contributed by atoms with van der Waals surface area (Å²) in [6, 6.07) is 15.0. The SMILES string of the molecule is O=C1Nc2ccccc2C(c2ccccc2)=N[C@H]1N1C(=O)[C@@H](CCC(F)(F)F)[C@@H](CCC(F)(F)F)C1=O. The van der Waals surface area contributed by atoms with Crippen molar-refractivity contribution in [3.63, 3.8) is 0 Å². The maximum Gasteiger partial charge on any atom is 0.389 e. The molecule has 0 spiro atoms. The molecule has 2 aromatic carbocycles. The molecule has 3 atom stereocenters. The predicted molar refractivity (Wildman–Crippen MR) is 120 cm³/mol. The number of fused-ring (bicyclic) bond motifs is 1. The first-order chi connectivity index (χ1) is 17.4. The molecule has 2 aliphatic rings. The molecule has 2 aliphatic heterocycles. The van der Waals surface area contributed by atoms with Crippen LogP contribution in [0.1, 0.15) is 36.8 Å². The highest BCUT2D eigenvalue weighted by atomic mass is 19.4. The maximum atomic E-state index is 13.2. The van der Waals surface area contributed by atoms with E-state index in [9.17, 15) is 40.7 Å². The van der Waals surface area contributed by atoms with Crippen molar-refractivity contribution in [3.8, 4) is 0 Å². The van der Waals surface area contributed by atoms with Crippen LogP contribution in [0.5, 0.6) is 0 Å². The molecule has 37 heavy (non-hydrogen) atoms. The zero-order chi connectivity index (χ0) is 27.0. The Kier molecular flexibility index (Phi) is 7.11. The van der Waals surface area contributed by atoms with E-state index in [0.717, 1.165) is 0 Å². The summed E-state index contributed by atoms with van der Waals surface area (Å²) in [5, 5.41) is 2.57. The largest absolute Gasteiger partial charge is 0.389 e. The van der Waals surface area contributed by atoms with Crippen LogP contribution in [0.2, 0.25) is 0 Å². The Labute approximate surface area is 207 Å². The van der Waals surface area contributed by atoms with Gasteiger partial charge in [0.2, 0.25) is 18.0 Å². The third kappa shape index (κ3) is 5.83. The first-order valence-electron chi connectivity index (χ1n) is 11.4. The number of likely N-dealkylation sites (tertiary alicyclic amines) is 1. The number of benzodiazepines with no additional fused rings is 1. The molecule has 0 saturated carbocycles.